The molecule has 7 rings (SSSR count). The van der Waals surface area contributed by atoms with Gasteiger partial charge in [-0.25, -0.2) is 15.0 Å². The van der Waals surface area contributed by atoms with E-state index >= 15 is 0 Å². The van der Waals surface area contributed by atoms with Gasteiger partial charge < -0.3 is 4.57 Å². The van der Waals surface area contributed by atoms with E-state index in [-0.39, 0.29) is 0 Å². The maximum absolute atomic E-state index is 5.11. The van der Waals surface area contributed by atoms with Crippen molar-refractivity contribution >= 4 is 22.6 Å². The Hall–Kier alpha value is -5.87. The maximum atomic E-state index is 5.11. The van der Waals surface area contributed by atoms with E-state index in [1.54, 1.807) is 0 Å². The molecule has 0 fully saturated rings. The molecule has 0 aliphatic heterocycles. The minimum Gasteiger partial charge on any atom is -0.309 e. The number of fused-ring (bicyclic) bond motifs is 1. The highest BCUT2D eigenvalue weighted by Crippen LogP contribution is 2.42. The number of para-hydroxylation sites is 1. The van der Waals surface area contributed by atoms with Crippen molar-refractivity contribution in [3.63, 3.8) is 0 Å². The minimum absolute atomic E-state index is 0.619. The molecule has 5 aromatic carbocycles. The molecule has 0 atom stereocenters. The Bertz CT molecular complexity index is 2050. The molecule has 0 aliphatic rings. The lowest BCUT2D eigenvalue weighted by Crippen LogP contribution is -2.01. The van der Waals surface area contributed by atoms with E-state index in [0.717, 1.165) is 55.7 Å². The van der Waals surface area contributed by atoms with E-state index < -0.39 is 0 Å². The molecule has 2 aromatic heterocycles. The molecule has 0 spiro atoms. The summed E-state index contributed by atoms with van der Waals surface area (Å²) in [6.07, 6.45) is 4.14. The Labute approximate surface area is 257 Å². The molecule has 0 bridgehead atoms. The molecule has 44 heavy (non-hydrogen) atoms. The SMILES string of the molecule is C=Cc1c(/C(=C\C)c2ccccc2)c2c(-c3nc(-c4ccccc4)nc(-c4ccccc4)n3)cccc2n1-c1ccccc1. The molecule has 0 saturated heterocycles. The average molecular weight is 567 g/mol. The van der Waals surface area contributed by atoms with Crippen LogP contribution < -0.4 is 0 Å². The zero-order valence-electron chi connectivity index (χ0n) is 24.4. The van der Waals surface area contributed by atoms with Crippen molar-refractivity contribution in [2.75, 3.05) is 0 Å². The Morgan fingerprint density at radius 3 is 1.66 bits per heavy atom. The van der Waals surface area contributed by atoms with Crippen molar-refractivity contribution in [1.82, 2.24) is 19.5 Å². The first kappa shape index (κ1) is 27.0. The molecule has 0 radical (unpaired) electrons. The van der Waals surface area contributed by atoms with Gasteiger partial charge in [0.15, 0.2) is 17.5 Å². The van der Waals surface area contributed by atoms with Gasteiger partial charge in [-0.05, 0) is 42.3 Å². The third-order valence-corrected chi connectivity index (χ3v) is 7.82. The van der Waals surface area contributed by atoms with Crippen LogP contribution in [0.3, 0.4) is 0 Å². The van der Waals surface area contributed by atoms with Gasteiger partial charge in [0.25, 0.3) is 0 Å². The zero-order chi connectivity index (χ0) is 29.9. The largest absolute Gasteiger partial charge is 0.309 e. The molecule has 7 aromatic rings. The van der Waals surface area contributed by atoms with E-state index in [9.17, 15) is 0 Å². The van der Waals surface area contributed by atoms with Crippen molar-refractivity contribution in [3.05, 3.63) is 169 Å². The molecule has 0 amide bonds. The summed E-state index contributed by atoms with van der Waals surface area (Å²) in [6.45, 7) is 6.39. The molecule has 0 N–H and O–H groups in total. The van der Waals surface area contributed by atoms with E-state index in [0.29, 0.717) is 17.5 Å². The summed E-state index contributed by atoms with van der Waals surface area (Å²) in [6, 6.07) is 47.5. The maximum Gasteiger partial charge on any atom is 0.164 e. The number of rotatable bonds is 7. The monoisotopic (exact) mass is 566 g/mol. The van der Waals surface area contributed by atoms with Crippen molar-refractivity contribution < 1.29 is 0 Å². The highest BCUT2D eigenvalue weighted by Gasteiger charge is 2.24. The smallest absolute Gasteiger partial charge is 0.164 e. The number of allylic oxidation sites excluding steroid dienone is 1. The van der Waals surface area contributed by atoms with Crippen LogP contribution >= 0.6 is 0 Å². The normalized spacial score (nSPS) is 11.5. The summed E-state index contributed by atoms with van der Waals surface area (Å²) in [5.74, 6) is 1.89. The molecule has 0 unspecified atom stereocenters. The quantitative estimate of drug-likeness (QED) is 0.193. The topological polar surface area (TPSA) is 43.6 Å². The molecule has 4 heteroatoms. The van der Waals surface area contributed by atoms with Crippen molar-refractivity contribution in [1.29, 1.82) is 0 Å². The van der Waals surface area contributed by atoms with E-state index in [1.807, 2.05) is 78.9 Å². The first-order chi connectivity index (χ1) is 21.8. The number of benzene rings is 5. The number of aromatic nitrogens is 4. The number of hydrogen-bond acceptors (Lipinski definition) is 3. The molecule has 0 aliphatic carbocycles. The Morgan fingerprint density at radius 2 is 1.11 bits per heavy atom. The Kier molecular flexibility index (Phi) is 7.23. The second-order valence-corrected chi connectivity index (χ2v) is 10.4. The molecule has 4 nitrogen and oxygen atoms in total. The third-order valence-electron chi connectivity index (χ3n) is 7.82. The highest BCUT2D eigenvalue weighted by molar-refractivity contribution is 6.08. The second-order valence-electron chi connectivity index (χ2n) is 10.4. The molecule has 0 saturated carbocycles. The highest BCUT2D eigenvalue weighted by atomic mass is 15.0. The number of hydrogen-bond donors (Lipinski definition) is 0. The van der Waals surface area contributed by atoms with Crippen LogP contribution in [0, 0.1) is 0 Å². The van der Waals surface area contributed by atoms with Crippen LogP contribution in [0.1, 0.15) is 23.7 Å². The van der Waals surface area contributed by atoms with Crippen LogP contribution in [-0.4, -0.2) is 19.5 Å². The summed E-state index contributed by atoms with van der Waals surface area (Å²) in [4.78, 5) is 15.2. The summed E-state index contributed by atoms with van der Waals surface area (Å²) >= 11 is 0. The van der Waals surface area contributed by atoms with Gasteiger partial charge >= 0.3 is 0 Å². The van der Waals surface area contributed by atoms with Crippen molar-refractivity contribution in [2.45, 2.75) is 6.92 Å². The summed E-state index contributed by atoms with van der Waals surface area (Å²) in [7, 11) is 0. The standard InChI is InChI=1S/C40H30N4/c1-3-32(28-18-9-5-10-19-28)36-34(4-2)44(31-24-15-8-16-25-31)35-27-17-26-33(37(35)36)40-42-38(29-20-11-6-12-21-29)41-39(43-40)30-22-13-7-14-23-30/h3-27H,2H2,1H3/b32-3-. The lowest BCUT2D eigenvalue weighted by Gasteiger charge is -2.12. The fraction of sp³-hybridized carbons (Fsp3) is 0.0250. The summed E-state index contributed by atoms with van der Waals surface area (Å²) in [5.41, 5.74) is 9.27. The fourth-order valence-electron chi connectivity index (χ4n) is 5.87. The molecule has 2 heterocycles. The molecular weight excluding hydrogens is 536 g/mol. The van der Waals surface area contributed by atoms with Crippen LogP contribution in [0.4, 0.5) is 0 Å². The lowest BCUT2D eigenvalue weighted by molar-refractivity contribution is 1.08. The van der Waals surface area contributed by atoms with E-state index in [2.05, 4.69) is 90.9 Å². The van der Waals surface area contributed by atoms with Gasteiger partial charge in [0.2, 0.25) is 0 Å². The van der Waals surface area contributed by atoms with Crippen molar-refractivity contribution in [2.24, 2.45) is 0 Å². The zero-order valence-corrected chi connectivity index (χ0v) is 24.4. The van der Waals surface area contributed by atoms with Crippen LogP contribution in [0.2, 0.25) is 0 Å². The van der Waals surface area contributed by atoms with Crippen LogP contribution in [0.5, 0.6) is 0 Å². The molecule has 210 valence electrons. The van der Waals surface area contributed by atoms with Crippen molar-refractivity contribution in [3.8, 4) is 39.9 Å². The van der Waals surface area contributed by atoms with E-state index in [1.165, 1.54) is 0 Å². The third kappa shape index (κ3) is 4.83. The molecular formula is C40H30N4. The average Bonchev–Trinajstić information content (AvgIpc) is 3.44. The predicted molar refractivity (Wildman–Crippen MR) is 182 cm³/mol. The first-order valence-corrected chi connectivity index (χ1v) is 14.7. The van der Waals surface area contributed by atoms with E-state index in [4.69, 9.17) is 15.0 Å². The Morgan fingerprint density at radius 1 is 0.591 bits per heavy atom. The van der Waals surface area contributed by atoms with Gasteiger partial charge in [-0.3, -0.25) is 0 Å². The van der Waals surface area contributed by atoms with Gasteiger partial charge in [-0.2, -0.15) is 0 Å². The predicted octanol–water partition coefficient (Wildman–Crippen LogP) is 9.91. The fourth-order valence-corrected chi connectivity index (χ4v) is 5.87. The minimum atomic E-state index is 0.619. The van der Waals surface area contributed by atoms with Crippen LogP contribution in [-0.2, 0) is 0 Å². The summed E-state index contributed by atoms with van der Waals surface area (Å²) in [5, 5.41) is 1.06. The first-order valence-electron chi connectivity index (χ1n) is 14.7. The number of nitrogens with zero attached hydrogens (tertiary/aromatic N) is 4. The Balaban J connectivity index is 1.59. The van der Waals surface area contributed by atoms with Crippen LogP contribution in [0.15, 0.2) is 152 Å². The van der Waals surface area contributed by atoms with Gasteiger partial charge in [-0.1, -0.05) is 134 Å². The van der Waals surface area contributed by atoms with Gasteiger partial charge in [-0.15, -0.1) is 0 Å². The van der Waals surface area contributed by atoms with Gasteiger partial charge in [0.1, 0.15) is 0 Å². The lowest BCUT2D eigenvalue weighted by atomic mass is 9.92. The summed E-state index contributed by atoms with van der Waals surface area (Å²) < 4.78 is 2.28. The van der Waals surface area contributed by atoms with Crippen LogP contribution in [0.25, 0.3) is 62.4 Å². The van der Waals surface area contributed by atoms with Gasteiger partial charge in [0, 0.05) is 33.3 Å². The van der Waals surface area contributed by atoms with Gasteiger partial charge in [0.05, 0.1) is 11.2 Å². The second kappa shape index (κ2) is 11.8.